The van der Waals surface area contributed by atoms with Crippen LogP contribution < -0.4 is 0 Å². The average Bonchev–Trinajstić information content (AvgIpc) is 2.79. The van der Waals surface area contributed by atoms with Gasteiger partial charge in [-0.15, -0.1) is 6.58 Å². The van der Waals surface area contributed by atoms with Crippen LogP contribution in [-0.4, -0.2) is 6.10 Å². The Labute approximate surface area is 89.3 Å². The zero-order valence-corrected chi connectivity index (χ0v) is 8.92. The van der Waals surface area contributed by atoms with E-state index in [0.717, 1.165) is 11.4 Å². The van der Waals surface area contributed by atoms with Gasteiger partial charge in [0.15, 0.2) is 0 Å². The highest BCUT2D eigenvalue weighted by molar-refractivity contribution is 6.30. The fourth-order valence-corrected chi connectivity index (χ4v) is 1.99. The Morgan fingerprint density at radius 1 is 1.50 bits per heavy atom. The minimum atomic E-state index is -0.133. The van der Waals surface area contributed by atoms with Crippen molar-refractivity contribution in [2.45, 2.75) is 25.0 Å². The Morgan fingerprint density at radius 2 is 2.07 bits per heavy atom. The number of hydrogen-bond acceptors (Lipinski definition) is 1. The van der Waals surface area contributed by atoms with Crippen molar-refractivity contribution in [1.29, 1.82) is 0 Å². The molecule has 2 heteroatoms. The highest BCUT2D eigenvalue weighted by Gasteiger charge is 2.53. The zero-order chi connectivity index (χ0) is 10.2. The van der Waals surface area contributed by atoms with Crippen molar-refractivity contribution in [2.24, 2.45) is 0 Å². The molecule has 0 spiro atoms. The summed E-state index contributed by atoms with van der Waals surface area (Å²) in [6, 6.07) is 7.84. The monoisotopic (exact) mass is 208 g/mol. The van der Waals surface area contributed by atoms with Gasteiger partial charge >= 0.3 is 0 Å². The molecule has 0 aliphatic carbocycles. The van der Waals surface area contributed by atoms with Crippen molar-refractivity contribution in [1.82, 2.24) is 0 Å². The summed E-state index contributed by atoms with van der Waals surface area (Å²) in [5.74, 6) is 0. The Morgan fingerprint density at radius 3 is 2.50 bits per heavy atom. The van der Waals surface area contributed by atoms with Crippen molar-refractivity contribution < 1.29 is 4.74 Å². The predicted octanol–water partition coefficient (Wildman–Crippen LogP) is 3.53. The second-order valence-corrected chi connectivity index (χ2v) is 4.09. The van der Waals surface area contributed by atoms with E-state index < -0.39 is 0 Å². The number of benzene rings is 1. The summed E-state index contributed by atoms with van der Waals surface area (Å²) in [7, 11) is 0. The number of epoxide rings is 1. The van der Waals surface area contributed by atoms with E-state index in [0.29, 0.717) is 0 Å². The van der Waals surface area contributed by atoms with E-state index in [4.69, 9.17) is 16.3 Å². The first-order valence-corrected chi connectivity index (χ1v) is 5.11. The van der Waals surface area contributed by atoms with E-state index in [1.54, 1.807) is 0 Å². The predicted molar refractivity (Wildman–Crippen MR) is 58.5 cm³/mol. The highest BCUT2D eigenvalue weighted by Crippen LogP contribution is 2.49. The van der Waals surface area contributed by atoms with Gasteiger partial charge in [-0.05, 0) is 24.6 Å². The molecule has 1 fully saturated rings. The summed E-state index contributed by atoms with van der Waals surface area (Å²) in [5.41, 5.74) is 1.06. The molecule has 1 aromatic rings. The van der Waals surface area contributed by atoms with Crippen molar-refractivity contribution in [3.8, 4) is 0 Å². The molecule has 1 saturated heterocycles. The van der Waals surface area contributed by atoms with Gasteiger partial charge in [-0.3, -0.25) is 0 Å². The third-order valence-corrected chi connectivity index (χ3v) is 3.02. The van der Waals surface area contributed by atoms with E-state index in [1.807, 2.05) is 30.3 Å². The maximum atomic E-state index is 5.83. The van der Waals surface area contributed by atoms with Gasteiger partial charge < -0.3 is 4.74 Å². The summed E-state index contributed by atoms with van der Waals surface area (Å²) in [6.07, 6.45) is 3.04. The third-order valence-electron chi connectivity index (χ3n) is 2.77. The van der Waals surface area contributed by atoms with E-state index in [2.05, 4.69) is 13.5 Å². The Hall–Kier alpha value is -0.790. The SMILES string of the molecule is C=CCC1(c2ccc(Cl)cc2)OC1C. The maximum Gasteiger partial charge on any atom is 0.123 e. The quantitative estimate of drug-likeness (QED) is 0.547. The van der Waals surface area contributed by atoms with E-state index in [-0.39, 0.29) is 11.7 Å². The lowest BCUT2D eigenvalue weighted by atomic mass is 9.93. The second kappa shape index (κ2) is 3.41. The summed E-state index contributed by atoms with van der Waals surface area (Å²) in [6.45, 7) is 5.84. The van der Waals surface area contributed by atoms with Gasteiger partial charge in [-0.2, -0.15) is 0 Å². The molecular weight excluding hydrogens is 196 g/mol. The van der Waals surface area contributed by atoms with Gasteiger partial charge in [0.25, 0.3) is 0 Å². The molecule has 0 aromatic heterocycles. The maximum absolute atomic E-state index is 5.83. The molecule has 14 heavy (non-hydrogen) atoms. The molecule has 0 bridgehead atoms. The lowest BCUT2D eigenvalue weighted by Crippen LogP contribution is -2.10. The summed E-state index contributed by atoms with van der Waals surface area (Å²) in [5, 5.41) is 0.760. The van der Waals surface area contributed by atoms with Crippen LogP contribution >= 0.6 is 11.6 Å². The normalized spacial score (nSPS) is 30.0. The molecule has 1 heterocycles. The van der Waals surface area contributed by atoms with Crippen LogP contribution in [0.25, 0.3) is 0 Å². The summed E-state index contributed by atoms with van der Waals surface area (Å²) >= 11 is 5.83. The van der Waals surface area contributed by atoms with Crippen LogP contribution in [0.15, 0.2) is 36.9 Å². The molecule has 2 unspecified atom stereocenters. The van der Waals surface area contributed by atoms with Gasteiger partial charge in [0, 0.05) is 11.4 Å². The van der Waals surface area contributed by atoms with Crippen molar-refractivity contribution in [3.63, 3.8) is 0 Å². The lowest BCUT2D eigenvalue weighted by molar-refractivity contribution is 0.300. The minimum absolute atomic E-state index is 0.133. The number of hydrogen-bond donors (Lipinski definition) is 0. The average molecular weight is 209 g/mol. The van der Waals surface area contributed by atoms with Crippen LogP contribution in [0.5, 0.6) is 0 Å². The molecule has 1 aliphatic rings. The largest absolute Gasteiger partial charge is 0.361 e. The van der Waals surface area contributed by atoms with Crippen LogP contribution in [-0.2, 0) is 10.3 Å². The van der Waals surface area contributed by atoms with E-state index in [9.17, 15) is 0 Å². The van der Waals surface area contributed by atoms with Crippen molar-refractivity contribution >= 4 is 11.6 Å². The number of rotatable bonds is 3. The molecular formula is C12H13ClO. The molecule has 1 aliphatic heterocycles. The standard InChI is InChI=1S/C12H13ClO/c1-3-8-12(9(2)14-12)10-4-6-11(13)7-5-10/h3-7,9H,1,8H2,2H3. The van der Waals surface area contributed by atoms with E-state index >= 15 is 0 Å². The Balaban J connectivity index is 2.29. The van der Waals surface area contributed by atoms with Crippen LogP contribution in [0, 0.1) is 0 Å². The molecule has 0 amide bonds. The van der Waals surface area contributed by atoms with Gasteiger partial charge in [0.05, 0.1) is 6.10 Å². The molecule has 1 aromatic carbocycles. The van der Waals surface area contributed by atoms with Crippen LogP contribution in [0.3, 0.4) is 0 Å². The van der Waals surface area contributed by atoms with Gasteiger partial charge in [-0.1, -0.05) is 29.8 Å². The van der Waals surface area contributed by atoms with Crippen molar-refractivity contribution in [2.75, 3.05) is 0 Å². The second-order valence-electron chi connectivity index (χ2n) is 3.65. The number of halogens is 1. The van der Waals surface area contributed by atoms with Gasteiger partial charge in [-0.25, -0.2) is 0 Å². The molecule has 2 rings (SSSR count). The van der Waals surface area contributed by atoms with Crippen LogP contribution in [0.1, 0.15) is 18.9 Å². The molecule has 2 atom stereocenters. The Bertz CT molecular complexity index is 344. The molecule has 0 N–H and O–H groups in total. The molecule has 0 saturated carbocycles. The molecule has 74 valence electrons. The molecule has 0 radical (unpaired) electrons. The first-order valence-electron chi connectivity index (χ1n) is 4.74. The summed E-state index contributed by atoms with van der Waals surface area (Å²) < 4.78 is 5.66. The van der Waals surface area contributed by atoms with Crippen LogP contribution in [0.2, 0.25) is 5.02 Å². The topological polar surface area (TPSA) is 12.5 Å². The first-order chi connectivity index (χ1) is 6.69. The van der Waals surface area contributed by atoms with Gasteiger partial charge in [0.1, 0.15) is 5.60 Å². The highest BCUT2D eigenvalue weighted by atomic mass is 35.5. The third kappa shape index (κ3) is 1.47. The lowest BCUT2D eigenvalue weighted by Gasteiger charge is -2.10. The summed E-state index contributed by atoms with van der Waals surface area (Å²) in [4.78, 5) is 0. The number of ether oxygens (including phenoxy) is 1. The zero-order valence-electron chi connectivity index (χ0n) is 8.16. The minimum Gasteiger partial charge on any atom is -0.361 e. The smallest absolute Gasteiger partial charge is 0.123 e. The van der Waals surface area contributed by atoms with E-state index in [1.165, 1.54) is 5.56 Å². The fourth-order valence-electron chi connectivity index (χ4n) is 1.86. The Kier molecular flexibility index (Phi) is 2.38. The van der Waals surface area contributed by atoms with Crippen molar-refractivity contribution in [3.05, 3.63) is 47.5 Å². The van der Waals surface area contributed by atoms with Gasteiger partial charge in [0.2, 0.25) is 0 Å². The fraction of sp³-hybridized carbons (Fsp3) is 0.333. The molecule has 1 nitrogen and oxygen atoms in total. The van der Waals surface area contributed by atoms with Crippen LogP contribution in [0.4, 0.5) is 0 Å². The first kappa shape index (κ1) is 9.75.